The largest absolute Gasteiger partial charge is 0.345 e. The van der Waals surface area contributed by atoms with Gasteiger partial charge in [-0.2, -0.15) is 0 Å². The van der Waals surface area contributed by atoms with E-state index >= 15 is 0 Å². The van der Waals surface area contributed by atoms with Gasteiger partial charge in [-0.3, -0.25) is 14.5 Å². The molecule has 1 fully saturated rings. The van der Waals surface area contributed by atoms with Crippen molar-refractivity contribution in [1.82, 2.24) is 14.4 Å². The highest BCUT2D eigenvalue weighted by Gasteiger charge is 2.53. The molecule has 1 aliphatic heterocycles. The maximum atomic E-state index is 12.5. The second-order valence-corrected chi connectivity index (χ2v) is 10.2. The Morgan fingerprint density at radius 1 is 1.03 bits per heavy atom. The quantitative estimate of drug-likeness (QED) is 0.512. The molecule has 1 amide bonds. The Kier molecular flexibility index (Phi) is 5.23. The van der Waals surface area contributed by atoms with Crippen LogP contribution in [-0.4, -0.2) is 50.5 Å². The lowest BCUT2D eigenvalue weighted by Crippen LogP contribution is -2.44. The van der Waals surface area contributed by atoms with Crippen LogP contribution in [-0.2, 0) is 18.6 Å². The molecule has 0 saturated heterocycles. The van der Waals surface area contributed by atoms with E-state index in [9.17, 15) is 9.59 Å². The monoisotopic (exact) mass is 453 g/mol. The van der Waals surface area contributed by atoms with Gasteiger partial charge in [0, 0.05) is 45.0 Å². The minimum absolute atomic E-state index is 0.00263. The van der Waals surface area contributed by atoms with E-state index in [2.05, 4.69) is 4.90 Å². The molecule has 1 saturated carbocycles. The van der Waals surface area contributed by atoms with Gasteiger partial charge in [0.2, 0.25) is 5.78 Å². The Morgan fingerprint density at radius 3 is 2.24 bits per heavy atom. The van der Waals surface area contributed by atoms with Crippen molar-refractivity contribution in [2.24, 2.45) is 0 Å². The molecule has 2 heterocycles. The van der Waals surface area contributed by atoms with Gasteiger partial charge < -0.3 is 9.47 Å². The smallest absolute Gasteiger partial charge is 0.255 e. The highest BCUT2D eigenvalue weighted by atomic mass is 35.6. The fraction of sp³-hybridized carbons (Fsp3) is 0.429. The van der Waals surface area contributed by atoms with E-state index in [1.165, 1.54) is 0 Å². The molecule has 2 aromatic rings. The first-order valence-electron chi connectivity index (χ1n) is 9.51. The number of halogens is 3. The first-order valence-corrected chi connectivity index (χ1v) is 10.6. The molecule has 1 aliphatic carbocycles. The van der Waals surface area contributed by atoms with Crippen molar-refractivity contribution in [1.29, 1.82) is 0 Å². The lowest BCUT2D eigenvalue weighted by atomic mass is 10.0. The third kappa shape index (κ3) is 3.70. The normalized spacial score (nSPS) is 17.8. The first-order chi connectivity index (χ1) is 13.6. The third-order valence-electron chi connectivity index (χ3n) is 5.85. The lowest BCUT2D eigenvalue weighted by Gasteiger charge is -2.38. The minimum atomic E-state index is -1.95. The zero-order chi connectivity index (χ0) is 21.0. The molecule has 0 unspecified atom stereocenters. The minimum Gasteiger partial charge on any atom is -0.345 e. The summed E-state index contributed by atoms with van der Waals surface area (Å²) in [4.78, 5) is 28.6. The molecule has 1 aromatic heterocycles. The van der Waals surface area contributed by atoms with Gasteiger partial charge in [0.1, 0.15) is 0 Å². The second-order valence-electron chi connectivity index (χ2n) is 7.93. The van der Waals surface area contributed by atoms with E-state index in [1.54, 1.807) is 25.1 Å². The molecule has 0 N–H and O–H groups in total. The number of nitrogens with zero attached hydrogens (tertiary/aromatic N) is 3. The fourth-order valence-electron chi connectivity index (χ4n) is 4.21. The van der Waals surface area contributed by atoms with Gasteiger partial charge in [-0.05, 0) is 42.7 Å². The Hall–Kier alpha value is -1.53. The number of Topliss-reactive ketones (excluding diaryl/α,β-unsaturated/α-hetero) is 1. The van der Waals surface area contributed by atoms with Crippen LogP contribution in [0.25, 0.3) is 0 Å². The van der Waals surface area contributed by atoms with Gasteiger partial charge in [-0.1, -0.05) is 46.9 Å². The Labute approximate surface area is 185 Å². The van der Waals surface area contributed by atoms with Gasteiger partial charge in [-0.25, -0.2) is 0 Å². The van der Waals surface area contributed by atoms with Crippen LogP contribution in [0.1, 0.15) is 44.9 Å². The van der Waals surface area contributed by atoms with E-state index < -0.39 is 9.58 Å². The van der Waals surface area contributed by atoms with Crippen molar-refractivity contribution >= 4 is 46.5 Å². The van der Waals surface area contributed by atoms with Crippen LogP contribution in [0.2, 0.25) is 0 Å². The number of alkyl halides is 3. The van der Waals surface area contributed by atoms with Crippen LogP contribution in [0.4, 0.5) is 0 Å². The fourth-order valence-corrected chi connectivity index (χ4v) is 4.50. The molecule has 0 bridgehead atoms. The van der Waals surface area contributed by atoms with Crippen LogP contribution < -0.4 is 0 Å². The predicted octanol–water partition coefficient (Wildman–Crippen LogP) is 4.25. The van der Waals surface area contributed by atoms with Crippen LogP contribution >= 0.6 is 34.8 Å². The van der Waals surface area contributed by atoms with Crippen LogP contribution in [0.5, 0.6) is 0 Å². The number of hydrogen-bond donors (Lipinski definition) is 0. The topological polar surface area (TPSA) is 45.6 Å². The SMILES string of the molecule is CN(C)C(=O)c1ccc(CN2CCn3c(C(=O)C(Cl)(Cl)Cl)ccc3C23CC3)cc1. The summed E-state index contributed by atoms with van der Waals surface area (Å²) in [5.41, 5.74) is 3.34. The average Bonchev–Trinajstić information content (AvgIpc) is 3.34. The van der Waals surface area contributed by atoms with Crippen LogP contribution in [0.3, 0.4) is 0 Å². The van der Waals surface area contributed by atoms with Crippen molar-refractivity contribution in [3.63, 3.8) is 0 Å². The molecule has 0 radical (unpaired) electrons. The van der Waals surface area contributed by atoms with E-state index in [0.29, 0.717) is 17.8 Å². The molecule has 29 heavy (non-hydrogen) atoms. The second kappa shape index (κ2) is 7.31. The number of ketones is 1. The number of hydrogen-bond acceptors (Lipinski definition) is 3. The van der Waals surface area contributed by atoms with Gasteiger partial charge in [-0.15, -0.1) is 0 Å². The maximum Gasteiger partial charge on any atom is 0.255 e. The summed E-state index contributed by atoms with van der Waals surface area (Å²) in [6, 6.07) is 11.5. The number of benzene rings is 1. The van der Waals surface area contributed by atoms with E-state index in [1.807, 2.05) is 34.9 Å². The zero-order valence-corrected chi connectivity index (χ0v) is 18.6. The van der Waals surface area contributed by atoms with Crippen molar-refractivity contribution in [2.45, 2.75) is 35.3 Å². The lowest BCUT2D eigenvalue weighted by molar-refractivity contribution is 0.0827. The maximum absolute atomic E-state index is 12.5. The van der Waals surface area contributed by atoms with Gasteiger partial charge >= 0.3 is 0 Å². The Bertz CT molecular complexity index is 957. The number of aromatic nitrogens is 1. The molecule has 1 aromatic carbocycles. The molecular formula is C21H22Cl3N3O2. The number of carbonyl (C=O) groups excluding carboxylic acids is 2. The van der Waals surface area contributed by atoms with Crippen molar-refractivity contribution in [2.75, 3.05) is 20.6 Å². The summed E-state index contributed by atoms with van der Waals surface area (Å²) >= 11 is 17.5. The predicted molar refractivity (Wildman–Crippen MR) is 115 cm³/mol. The van der Waals surface area contributed by atoms with E-state index in [0.717, 1.165) is 37.2 Å². The standard InChI is InChI=1S/C21H22Cl3N3O2/c1-25(2)19(29)15-5-3-14(4-6-15)13-26-11-12-27-16(18(28)21(22,23)24)7-8-17(27)20(26)9-10-20/h3-8H,9-13H2,1-2H3. The Balaban J connectivity index is 1.55. The molecule has 154 valence electrons. The van der Waals surface area contributed by atoms with E-state index in [4.69, 9.17) is 34.8 Å². The first kappa shape index (κ1) is 20.7. The van der Waals surface area contributed by atoms with Gasteiger partial charge in [0.25, 0.3) is 9.70 Å². The molecule has 8 heteroatoms. The molecule has 0 atom stereocenters. The van der Waals surface area contributed by atoms with Crippen molar-refractivity contribution in [3.05, 3.63) is 58.9 Å². The molecule has 2 aliphatic rings. The molecule has 1 spiro atoms. The Morgan fingerprint density at radius 2 is 1.69 bits per heavy atom. The molecule has 4 rings (SSSR count). The highest BCUT2D eigenvalue weighted by Crippen LogP contribution is 2.53. The average molecular weight is 455 g/mol. The van der Waals surface area contributed by atoms with Crippen LogP contribution in [0.15, 0.2) is 36.4 Å². The van der Waals surface area contributed by atoms with Gasteiger partial charge in [0.05, 0.1) is 11.2 Å². The van der Waals surface area contributed by atoms with E-state index in [-0.39, 0.29) is 11.4 Å². The summed E-state index contributed by atoms with van der Waals surface area (Å²) in [6.07, 6.45) is 2.07. The van der Waals surface area contributed by atoms with Crippen molar-refractivity contribution in [3.8, 4) is 0 Å². The number of carbonyl (C=O) groups is 2. The summed E-state index contributed by atoms with van der Waals surface area (Å²) < 4.78 is 0.0568. The third-order valence-corrected chi connectivity index (χ3v) is 6.37. The summed E-state index contributed by atoms with van der Waals surface area (Å²) in [7, 11) is 3.50. The zero-order valence-electron chi connectivity index (χ0n) is 16.3. The van der Waals surface area contributed by atoms with Crippen LogP contribution in [0, 0.1) is 0 Å². The summed E-state index contributed by atoms with van der Waals surface area (Å²) in [6.45, 7) is 2.26. The number of fused-ring (bicyclic) bond motifs is 2. The summed E-state index contributed by atoms with van der Waals surface area (Å²) in [5.74, 6) is -0.490. The summed E-state index contributed by atoms with van der Waals surface area (Å²) in [5, 5.41) is 0. The van der Waals surface area contributed by atoms with Gasteiger partial charge in [0.15, 0.2) is 0 Å². The molecular weight excluding hydrogens is 433 g/mol. The molecule has 5 nitrogen and oxygen atoms in total. The number of rotatable bonds is 4. The number of amides is 1. The van der Waals surface area contributed by atoms with Crippen molar-refractivity contribution < 1.29 is 9.59 Å². The highest BCUT2D eigenvalue weighted by molar-refractivity contribution is 6.77.